The quantitative estimate of drug-likeness (QED) is 0.895. The van der Waals surface area contributed by atoms with Gasteiger partial charge in [0.15, 0.2) is 0 Å². The van der Waals surface area contributed by atoms with Gasteiger partial charge < -0.3 is 15.4 Å². The second-order valence-electron chi connectivity index (χ2n) is 6.04. The molecule has 2 saturated heterocycles. The van der Waals surface area contributed by atoms with Crippen molar-refractivity contribution < 1.29 is 4.74 Å². The van der Waals surface area contributed by atoms with Crippen molar-refractivity contribution in [2.45, 2.75) is 32.8 Å². The number of ether oxygens (including phenoxy) is 1. The Morgan fingerprint density at radius 2 is 1.95 bits per heavy atom. The second-order valence-corrected chi connectivity index (χ2v) is 6.04. The normalized spacial score (nSPS) is 23.7. The highest BCUT2D eigenvalue weighted by Gasteiger charge is 2.24. The van der Waals surface area contributed by atoms with Gasteiger partial charge in [-0.15, -0.1) is 0 Å². The number of hydrogen-bond acceptors (Lipinski definition) is 6. The third kappa shape index (κ3) is 3.27. The monoisotopic (exact) mass is 291 g/mol. The smallest absolute Gasteiger partial charge is 0.222 e. The molecule has 21 heavy (non-hydrogen) atoms. The van der Waals surface area contributed by atoms with Gasteiger partial charge in [0.05, 0.1) is 6.10 Å². The van der Waals surface area contributed by atoms with E-state index in [1.807, 2.05) is 6.92 Å². The van der Waals surface area contributed by atoms with Gasteiger partial charge in [-0.25, -0.2) is 4.98 Å². The molecule has 3 rings (SSSR count). The van der Waals surface area contributed by atoms with E-state index in [-0.39, 0.29) is 0 Å². The molecule has 0 aromatic carbocycles. The summed E-state index contributed by atoms with van der Waals surface area (Å²) in [4.78, 5) is 13.5. The van der Waals surface area contributed by atoms with E-state index < -0.39 is 0 Å². The lowest BCUT2D eigenvalue weighted by atomic mass is 10.2. The summed E-state index contributed by atoms with van der Waals surface area (Å²) in [5.41, 5.74) is 7.90. The van der Waals surface area contributed by atoms with Gasteiger partial charge in [0, 0.05) is 50.6 Å². The number of anilines is 2. The van der Waals surface area contributed by atoms with Crippen LogP contribution in [0.5, 0.6) is 0 Å². The summed E-state index contributed by atoms with van der Waals surface area (Å²) in [6.45, 7) is 10.2. The first kappa shape index (κ1) is 14.5. The van der Waals surface area contributed by atoms with Gasteiger partial charge in [0.1, 0.15) is 5.82 Å². The zero-order valence-electron chi connectivity index (χ0n) is 13.0. The molecule has 1 aromatic rings. The van der Waals surface area contributed by atoms with Crippen LogP contribution < -0.4 is 10.6 Å². The van der Waals surface area contributed by atoms with Gasteiger partial charge in [0.25, 0.3) is 0 Å². The molecule has 2 fully saturated rings. The van der Waals surface area contributed by atoms with Gasteiger partial charge in [-0.3, -0.25) is 4.90 Å². The zero-order valence-corrected chi connectivity index (χ0v) is 13.0. The highest BCUT2D eigenvalue weighted by Crippen LogP contribution is 2.22. The van der Waals surface area contributed by atoms with Gasteiger partial charge in [-0.1, -0.05) is 0 Å². The zero-order chi connectivity index (χ0) is 14.8. The minimum Gasteiger partial charge on any atom is -0.377 e. The van der Waals surface area contributed by atoms with E-state index in [1.54, 1.807) is 0 Å². The molecule has 3 heterocycles. The summed E-state index contributed by atoms with van der Waals surface area (Å²) < 4.78 is 5.73. The van der Waals surface area contributed by atoms with Crippen LogP contribution in [-0.2, 0) is 4.74 Å². The third-order valence-corrected chi connectivity index (χ3v) is 4.54. The number of aromatic nitrogens is 2. The van der Waals surface area contributed by atoms with Gasteiger partial charge in [-0.2, -0.15) is 4.98 Å². The SMILES string of the molecule is Cc1nc(N)nc(N2CCN(C[C@H]3CCCO3)CC2)c1C. The van der Waals surface area contributed by atoms with E-state index in [0.29, 0.717) is 12.1 Å². The van der Waals surface area contributed by atoms with Crippen molar-refractivity contribution in [3.63, 3.8) is 0 Å². The predicted octanol–water partition coefficient (Wildman–Crippen LogP) is 0.977. The van der Waals surface area contributed by atoms with Crippen molar-refractivity contribution in [1.29, 1.82) is 0 Å². The van der Waals surface area contributed by atoms with Crippen molar-refractivity contribution in [3.05, 3.63) is 11.3 Å². The lowest BCUT2D eigenvalue weighted by Gasteiger charge is -2.37. The number of aryl methyl sites for hydroxylation is 1. The maximum absolute atomic E-state index is 5.80. The van der Waals surface area contributed by atoms with Crippen LogP contribution in [0.3, 0.4) is 0 Å². The van der Waals surface area contributed by atoms with Crippen LogP contribution in [-0.4, -0.2) is 60.3 Å². The number of nitrogens with zero attached hydrogens (tertiary/aromatic N) is 4. The van der Waals surface area contributed by atoms with Crippen molar-refractivity contribution in [3.8, 4) is 0 Å². The summed E-state index contributed by atoms with van der Waals surface area (Å²) in [5.74, 6) is 1.37. The van der Waals surface area contributed by atoms with Crippen molar-refractivity contribution >= 4 is 11.8 Å². The molecule has 2 aliphatic heterocycles. The molecular formula is C15H25N5O. The fraction of sp³-hybridized carbons (Fsp3) is 0.733. The van der Waals surface area contributed by atoms with E-state index in [4.69, 9.17) is 10.5 Å². The molecule has 0 spiro atoms. The van der Waals surface area contributed by atoms with Crippen LogP contribution in [0.4, 0.5) is 11.8 Å². The molecule has 0 saturated carbocycles. The van der Waals surface area contributed by atoms with Gasteiger partial charge in [-0.05, 0) is 26.7 Å². The van der Waals surface area contributed by atoms with Crippen LogP contribution in [0.25, 0.3) is 0 Å². The minimum absolute atomic E-state index is 0.370. The van der Waals surface area contributed by atoms with E-state index in [2.05, 4.69) is 26.7 Å². The average molecular weight is 291 g/mol. The Hall–Kier alpha value is -1.40. The molecule has 6 nitrogen and oxygen atoms in total. The van der Waals surface area contributed by atoms with Gasteiger partial charge >= 0.3 is 0 Å². The van der Waals surface area contributed by atoms with E-state index in [9.17, 15) is 0 Å². The topological polar surface area (TPSA) is 67.5 Å². The molecule has 0 amide bonds. The molecule has 116 valence electrons. The second kappa shape index (κ2) is 6.15. The summed E-state index contributed by atoms with van der Waals surface area (Å²) in [6.07, 6.45) is 2.86. The Kier molecular flexibility index (Phi) is 4.26. The Balaban J connectivity index is 1.60. The first-order chi connectivity index (χ1) is 10.1. The van der Waals surface area contributed by atoms with Crippen molar-refractivity contribution in [1.82, 2.24) is 14.9 Å². The summed E-state index contributed by atoms with van der Waals surface area (Å²) in [5, 5.41) is 0. The highest BCUT2D eigenvalue weighted by atomic mass is 16.5. The molecule has 6 heteroatoms. The lowest BCUT2D eigenvalue weighted by molar-refractivity contribution is 0.0712. The van der Waals surface area contributed by atoms with Crippen LogP contribution in [0, 0.1) is 13.8 Å². The minimum atomic E-state index is 0.370. The Labute approximate surface area is 126 Å². The molecule has 2 aliphatic rings. The highest BCUT2D eigenvalue weighted by molar-refractivity contribution is 5.51. The molecule has 1 aromatic heterocycles. The predicted molar refractivity (Wildman–Crippen MR) is 83.5 cm³/mol. The Morgan fingerprint density at radius 3 is 2.62 bits per heavy atom. The maximum atomic E-state index is 5.80. The Bertz CT molecular complexity index is 493. The largest absolute Gasteiger partial charge is 0.377 e. The van der Waals surface area contributed by atoms with Crippen molar-refractivity contribution in [2.24, 2.45) is 0 Å². The molecule has 0 unspecified atom stereocenters. The van der Waals surface area contributed by atoms with Crippen LogP contribution in [0.2, 0.25) is 0 Å². The third-order valence-electron chi connectivity index (χ3n) is 4.54. The van der Waals surface area contributed by atoms with Crippen LogP contribution >= 0.6 is 0 Å². The summed E-state index contributed by atoms with van der Waals surface area (Å²) in [6, 6.07) is 0. The average Bonchev–Trinajstić information content (AvgIpc) is 2.97. The standard InChI is InChI=1S/C15H25N5O/c1-11-12(2)17-15(16)18-14(11)20-7-5-19(6-8-20)10-13-4-3-9-21-13/h13H,3-10H2,1-2H3,(H2,16,17,18)/t13-/m1/s1. The summed E-state index contributed by atoms with van der Waals surface area (Å²) in [7, 11) is 0. The van der Waals surface area contributed by atoms with Gasteiger partial charge in [0.2, 0.25) is 5.95 Å². The molecule has 2 N–H and O–H groups in total. The maximum Gasteiger partial charge on any atom is 0.222 e. The number of nitrogen functional groups attached to an aromatic ring is 1. The molecule has 0 bridgehead atoms. The van der Waals surface area contributed by atoms with Crippen LogP contribution in [0.1, 0.15) is 24.1 Å². The van der Waals surface area contributed by atoms with E-state index in [1.165, 1.54) is 12.8 Å². The van der Waals surface area contributed by atoms with E-state index >= 15 is 0 Å². The first-order valence-electron chi connectivity index (χ1n) is 7.83. The number of nitrogens with two attached hydrogens (primary N) is 1. The first-order valence-corrected chi connectivity index (χ1v) is 7.83. The number of rotatable bonds is 3. The summed E-state index contributed by atoms with van der Waals surface area (Å²) >= 11 is 0. The molecule has 0 aliphatic carbocycles. The fourth-order valence-electron chi connectivity index (χ4n) is 3.16. The molecule has 0 radical (unpaired) electrons. The lowest BCUT2D eigenvalue weighted by Crippen LogP contribution is -2.49. The number of hydrogen-bond donors (Lipinski definition) is 1. The fourth-order valence-corrected chi connectivity index (χ4v) is 3.16. The molecular weight excluding hydrogens is 266 g/mol. The van der Waals surface area contributed by atoms with E-state index in [0.717, 1.165) is 56.4 Å². The van der Waals surface area contributed by atoms with Crippen molar-refractivity contribution in [2.75, 3.05) is 50.0 Å². The Morgan fingerprint density at radius 1 is 1.19 bits per heavy atom. The van der Waals surface area contributed by atoms with Crippen LogP contribution in [0.15, 0.2) is 0 Å². The molecule has 1 atom stereocenters. The number of piperazine rings is 1.